The third kappa shape index (κ3) is 2.66. The van der Waals surface area contributed by atoms with E-state index in [9.17, 15) is 10.1 Å². The molecule has 1 N–H and O–H groups in total. The molecule has 5 nitrogen and oxygen atoms in total. The number of benzene rings is 2. The van der Waals surface area contributed by atoms with Gasteiger partial charge in [0.15, 0.2) is 0 Å². The summed E-state index contributed by atoms with van der Waals surface area (Å²) in [5, 5.41) is 16.4. The van der Waals surface area contributed by atoms with Crippen LogP contribution in [0, 0.1) is 11.3 Å². The molecule has 0 saturated carbocycles. The number of nitrogens with zero attached hydrogens (tertiary/aromatic N) is 3. The van der Waals surface area contributed by atoms with Crippen molar-refractivity contribution in [1.29, 1.82) is 5.26 Å². The molecular formula is C24H24N4O. The first-order chi connectivity index (χ1) is 14.2. The molecule has 2 heterocycles. The van der Waals surface area contributed by atoms with E-state index in [1.165, 1.54) is 30.3 Å². The highest BCUT2D eigenvalue weighted by Crippen LogP contribution is 2.42. The lowest BCUT2D eigenvalue weighted by molar-refractivity contribution is -0.110. The highest BCUT2D eigenvalue weighted by molar-refractivity contribution is 6.32. The van der Waals surface area contributed by atoms with Crippen molar-refractivity contribution in [3.8, 4) is 17.2 Å². The summed E-state index contributed by atoms with van der Waals surface area (Å²) in [5.41, 5.74) is 4.33. The molecule has 0 aromatic heterocycles. The van der Waals surface area contributed by atoms with E-state index in [0.717, 1.165) is 65.3 Å². The number of nitrogens with one attached hydrogen (secondary N) is 1. The smallest absolute Gasteiger partial charge is 0.267 e. The number of carbonyl (C=O) groups is 1. The molecule has 0 spiro atoms. The zero-order chi connectivity index (χ0) is 20.0. The van der Waals surface area contributed by atoms with E-state index < -0.39 is 0 Å². The Labute approximate surface area is 170 Å². The maximum Gasteiger partial charge on any atom is 0.267 e. The maximum atomic E-state index is 12.4. The van der Waals surface area contributed by atoms with Crippen LogP contribution in [-0.4, -0.2) is 25.5 Å². The second kappa shape index (κ2) is 7.04. The quantitative estimate of drug-likeness (QED) is 0.701. The van der Waals surface area contributed by atoms with Crippen LogP contribution in [-0.2, 0) is 4.79 Å². The average Bonchev–Trinajstić information content (AvgIpc) is 3.24. The molecule has 5 heteroatoms. The number of anilines is 2. The van der Waals surface area contributed by atoms with Gasteiger partial charge in [0, 0.05) is 47.1 Å². The van der Waals surface area contributed by atoms with Gasteiger partial charge in [0.2, 0.25) is 0 Å². The lowest BCUT2D eigenvalue weighted by Crippen LogP contribution is -2.29. The van der Waals surface area contributed by atoms with E-state index in [1.807, 2.05) is 0 Å². The number of nitriles is 1. The molecule has 1 amide bonds. The predicted molar refractivity (Wildman–Crippen MR) is 116 cm³/mol. The Morgan fingerprint density at radius 2 is 1.90 bits per heavy atom. The van der Waals surface area contributed by atoms with Gasteiger partial charge >= 0.3 is 0 Å². The fourth-order valence-electron chi connectivity index (χ4n) is 4.82. The number of fused-ring (bicyclic) bond motifs is 3. The molecule has 1 aromatic rings. The van der Waals surface area contributed by atoms with Crippen LogP contribution in [0.2, 0.25) is 0 Å². The van der Waals surface area contributed by atoms with E-state index >= 15 is 0 Å². The molecule has 4 aliphatic rings. The Morgan fingerprint density at radius 1 is 1.10 bits per heavy atom. The SMILES string of the molecule is CCCCN=c1ccc2c(N3CCCCC3)ccc3c2-c1c1c3=C(C#N)C(=O)N1. The molecule has 0 unspecified atom stereocenters. The summed E-state index contributed by atoms with van der Waals surface area (Å²) < 4.78 is 0. The van der Waals surface area contributed by atoms with Crippen LogP contribution in [0.25, 0.3) is 27.5 Å². The van der Waals surface area contributed by atoms with Crippen molar-refractivity contribution in [3.05, 3.63) is 34.8 Å². The highest BCUT2D eigenvalue weighted by atomic mass is 16.1. The van der Waals surface area contributed by atoms with Gasteiger partial charge in [-0.3, -0.25) is 9.79 Å². The fraction of sp³-hybridized carbons (Fsp3) is 0.375. The summed E-state index contributed by atoms with van der Waals surface area (Å²) in [5.74, 6) is -0.306. The molecule has 0 radical (unpaired) electrons. The zero-order valence-electron chi connectivity index (χ0n) is 16.7. The number of rotatable bonds is 4. The standard InChI is InChI=1S/C24H24N4O/c1-2-3-11-26-18-9-7-15-19(28-12-5-4-6-13-28)10-8-16-20(15)22(18)23-21(16)17(14-25)24(29)27-23/h7-10H,2-6,11-13H2,1H3,(H,27,29). The summed E-state index contributed by atoms with van der Waals surface area (Å²) in [7, 11) is 0. The van der Waals surface area contributed by atoms with Crippen LogP contribution in [0.4, 0.5) is 11.4 Å². The topological polar surface area (TPSA) is 68.5 Å². The Bertz CT molecular complexity index is 1230. The molecule has 0 atom stereocenters. The summed E-state index contributed by atoms with van der Waals surface area (Å²) in [4.78, 5) is 19.7. The number of piperidine rings is 1. The zero-order valence-corrected chi connectivity index (χ0v) is 16.7. The summed E-state index contributed by atoms with van der Waals surface area (Å²) in [6, 6.07) is 10.6. The van der Waals surface area contributed by atoms with Crippen molar-refractivity contribution in [3.63, 3.8) is 0 Å². The molecule has 1 saturated heterocycles. The summed E-state index contributed by atoms with van der Waals surface area (Å²) in [6.45, 7) is 5.07. The van der Waals surface area contributed by atoms with Gasteiger partial charge in [-0.05, 0) is 43.2 Å². The minimum absolute atomic E-state index is 0.211. The Balaban J connectivity index is 1.84. The van der Waals surface area contributed by atoms with Crippen LogP contribution < -0.4 is 20.8 Å². The number of hydrogen-bond donors (Lipinski definition) is 1. The number of carbonyl (C=O) groups excluding carboxylic acids is 1. The molecular weight excluding hydrogens is 360 g/mol. The van der Waals surface area contributed by atoms with E-state index in [2.05, 4.69) is 47.5 Å². The molecule has 1 fully saturated rings. The highest BCUT2D eigenvalue weighted by Gasteiger charge is 2.31. The van der Waals surface area contributed by atoms with E-state index in [0.29, 0.717) is 0 Å². The van der Waals surface area contributed by atoms with E-state index in [1.54, 1.807) is 0 Å². The van der Waals surface area contributed by atoms with Gasteiger partial charge in [-0.25, -0.2) is 0 Å². The maximum absolute atomic E-state index is 12.4. The molecule has 146 valence electrons. The normalized spacial score (nSPS) is 17.2. The largest absolute Gasteiger partial charge is 0.371 e. The van der Waals surface area contributed by atoms with E-state index in [-0.39, 0.29) is 11.5 Å². The van der Waals surface area contributed by atoms with Gasteiger partial charge in [-0.1, -0.05) is 25.5 Å². The van der Waals surface area contributed by atoms with Crippen LogP contribution >= 0.6 is 0 Å². The molecule has 5 rings (SSSR count). The second-order valence-corrected chi connectivity index (χ2v) is 7.99. The van der Waals surface area contributed by atoms with Gasteiger partial charge < -0.3 is 10.2 Å². The predicted octanol–water partition coefficient (Wildman–Crippen LogP) is 3.42. The van der Waals surface area contributed by atoms with Gasteiger partial charge in [0.25, 0.3) is 5.91 Å². The molecule has 1 aromatic carbocycles. The van der Waals surface area contributed by atoms with Crippen LogP contribution in [0.3, 0.4) is 0 Å². The average molecular weight is 384 g/mol. The van der Waals surface area contributed by atoms with Gasteiger partial charge in [0.05, 0.1) is 11.0 Å². The lowest BCUT2D eigenvalue weighted by atomic mass is 9.96. The number of amides is 1. The number of unbranched alkanes of at least 4 members (excludes halogenated alkanes) is 1. The summed E-state index contributed by atoms with van der Waals surface area (Å²) in [6.07, 6.45) is 5.86. The Hall–Kier alpha value is -3.13. The third-order valence-electron chi connectivity index (χ3n) is 6.22. The first-order valence-corrected chi connectivity index (χ1v) is 10.6. The number of hydrogen-bond acceptors (Lipinski definition) is 4. The van der Waals surface area contributed by atoms with Gasteiger partial charge in [-0.15, -0.1) is 0 Å². The van der Waals surface area contributed by atoms with Crippen LogP contribution in [0.1, 0.15) is 39.0 Å². The fourth-order valence-corrected chi connectivity index (χ4v) is 4.82. The second-order valence-electron chi connectivity index (χ2n) is 7.99. The minimum atomic E-state index is -0.306. The van der Waals surface area contributed by atoms with Gasteiger partial charge in [0.1, 0.15) is 11.6 Å². The third-order valence-corrected chi connectivity index (χ3v) is 6.22. The van der Waals surface area contributed by atoms with Crippen LogP contribution in [0.5, 0.6) is 0 Å². The molecule has 29 heavy (non-hydrogen) atoms. The molecule has 2 aliphatic heterocycles. The Morgan fingerprint density at radius 3 is 2.66 bits per heavy atom. The first-order valence-electron chi connectivity index (χ1n) is 10.6. The monoisotopic (exact) mass is 384 g/mol. The van der Waals surface area contributed by atoms with Gasteiger partial charge in [-0.2, -0.15) is 5.26 Å². The van der Waals surface area contributed by atoms with E-state index in [4.69, 9.17) is 4.99 Å². The molecule has 0 bridgehead atoms. The Kier molecular flexibility index (Phi) is 4.35. The van der Waals surface area contributed by atoms with Crippen LogP contribution in [0.15, 0.2) is 29.3 Å². The van der Waals surface area contributed by atoms with Crippen molar-refractivity contribution < 1.29 is 4.79 Å². The van der Waals surface area contributed by atoms with Crippen molar-refractivity contribution in [2.75, 3.05) is 29.9 Å². The molecule has 2 aliphatic carbocycles. The minimum Gasteiger partial charge on any atom is -0.371 e. The van der Waals surface area contributed by atoms with Crippen molar-refractivity contribution in [2.24, 2.45) is 4.99 Å². The summed E-state index contributed by atoms with van der Waals surface area (Å²) >= 11 is 0. The van der Waals surface area contributed by atoms with Crippen molar-refractivity contribution >= 4 is 33.6 Å². The first kappa shape index (κ1) is 17.9. The van der Waals surface area contributed by atoms with Crippen molar-refractivity contribution in [2.45, 2.75) is 39.0 Å². The van der Waals surface area contributed by atoms with Crippen molar-refractivity contribution in [1.82, 2.24) is 0 Å². The lowest BCUT2D eigenvalue weighted by Gasteiger charge is -2.30.